The zero-order valence-electron chi connectivity index (χ0n) is 81.6. The SMILES string of the molecule is CN1CCN(C)CCN(CC(=O)NCCCn2nnc3c2-c2ccccc2CN(C(=O)CCC(=O)CCCOCCOCCOCCOCCC(=O)CC(CCC(=O)NCC2CCC(C(=O)CC(Cc4ccc5ccccc5c4)C(=O)NCCCCCNC(=O)NC(CCC(=O)O)C(=O)O)CC2)C(=O)NC(CCCCNC(=O)CCCc2ccc(I)cc2)C(=O)O)c2ccccc2-3)CCN(CC(=O)O)CC1. The lowest BCUT2D eigenvalue weighted by Crippen LogP contribution is -2.47. The van der Waals surface area contributed by atoms with Crippen LogP contribution < -0.4 is 42.1 Å². The van der Waals surface area contributed by atoms with Crippen molar-refractivity contribution in [1.82, 2.24) is 71.8 Å². The molecule has 38 heteroatoms. The Kier molecular flexibility index (Phi) is 50.7. The van der Waals surface area contributed by atoms with Crippen molar-refractivity contribution in [3.05, 3.63) is 136 Å². The normalized spacial score (nSPS) is 15.9. The number of urea groups is 1. The Bertz CT molecular complexity index is 5020. The maximum Gasteiger partial charge on any atom is 0.326 e. The lowest BCUT2D eigenvalue weighted by Gasteiger charge is -2.31. The maximum atomic E-state index is 14.3. The van der Waals surface area contributed by atoms with Crippen molar-refractivity contribution in [1.29, 1.82) is 0 Å². The minimum atomic E-state index is -1.36. The molecule has 1 saturated carbocycles. The summed E-state index contributed by atoms with van der Waals surface area (Å²) in [5.41, 5.74) is 6.55. The van der Waals surface area contributed by atoms with E-state index in [0.717, 1.165) is 80.5 Å². The van der Waals surface area contributed by atoms with Crippen molar-refractivity contribution in [3.8, 4) is 22.5 Å². The molecule has 770 valence electrons. The number of carboxylic acid groups (broad SMARTS) is 4. The van der Waals surface area contributed by atoms with Gasteiger partial charge in [0.25, 0.3) is 0 Å². The number of anilines is 1. The summed E-state index contributed by atoms with van der Waals surface area (Å²) in [5, 5.41) is 69.0. The molecule has 5 aromatic carbocycles. The third kappa shape index (κ3) is 42.5. The smallest absolute Gasteiger partial charge is 0.326 e. The molecule has 6 aromatic rings. The van der Waals surface area contributed by atoms with E-state index >= 15 is 0 Å². The van der Waals surface area contributed by atoms with Gasteiger partial charge in [0.2, 0.25) is 35.4 Å². The number of benzene rings is 5. The summed E-state index contributed by atoms with van der Waals surface area (Å²) in [6, 6.07) is 33.9. The molecule has 0 radical (unpaired) electrons. The molecule has 3 aliphatic rings. The molecule has 9 rings (SSSR count). The number of carboxylic acids is 4. The van der Waals surface area contributed by atoms with Crippen LogP contribution in [0.1, 0.15) is 171 Å². The average Bonchev–Trinajstić information content (AvgIpc) is 1.65. The van der Waals surface area contributed by atoms with Gasteiger partial charge < -0.3 is 91.3 Å². The molecule has 2 fully saturated rings. The summed E-state index contributed by atoms with van der Waals surface area (Å²) in [7, 11) is 4.12. The molecule has 4 atom stereocenters. The van der Waals surface area contributed by atoms with Crippen molar-refractivity contribution < 1.29 is 106 Å². The summed E-state index contributed by atoms with van der Waals surface area (Å²) < 4.78 is 25.8. The molecule has 0 spiro atoms. The molecule has 1 aromatic heterocycles. The van der Waals surface area contributed by atoms with E-state index in [9.17, 15) is 82.4 Å². The van der Waals surface area contributed by atoms with Crippen LogP contribution in [0.25, 0.3) is 33.3 Å². The second-order valence-electron chi connectivity index (χ2n) is 36.8. The number of nitrogens with zero attached hydrogens (tertiary/aromatic N) is 8. The number of ether oxygens (including phenoxy) is 4. The van der Waals surface area contributed by atoms with Crippen LogP contribution >= 0.6 is 22.6 Å². The highest BCUT2D eigenvalue weighted by molar-refractivity contribution is 14.1. The molecule has 37 nitrogen and oxygen atoms in total. The van der Waals surface area contributed by atoms with Crippen LogP contribution in [0.3, 0.4) is 0 Å². The summed E-state index contributed by atoms with van der Waals surface area (Å²) >= 11 is 2.24. The maximum absolute atomic E-state index is 14.3. The van der Waals surface area contributed by atoms with Crippen LogP contribution in [0.2, 0.25) is 0 Å². The van der Waals surface area contributed by atoms with Gasteiger partial charge in [-0.1, -0.05) is 102 Å². The number of carbonyl (C=O) groups excluding carboxylic acids is 10. The number of aryl methyl sites for hydroxylation is 2. The molecule has 0 bridgehead atoms. The van der Waals surface area contributed by atoms with Gasteiger partial charge in [0.15, 0.2) is 0 Å². The summed E-state index contributed by atoms with van der Waals surface area (Å²) in [6.45, 7) is 9.64. The van der Waals surface area contributed by atoms with Gasteiger partial charge in [0.1, 0.15) is 35.1 Å². The number of halogens is 1. The minimum absolute atomic E-state index is 0.00528. The molecule has 8 amide bonds. The number of carbonyl (C=O) groups is 14. The number of hydrogen-bond acceptors (Lipinski definition) is 24. The summed E-state index contributed by atoms with van der Waals surface area (Å²) in [4.78, 5) is 192. The topological polar surface area (TPSA) is 488 Å². The fourth-order valence-corrected chi connectivity index (χ4v) is 17.8. The van der Waals surface area contributed by atoms with Crippen LogP contribution in [0.15, 0.2) is 115 Å². The Balaban J connectivity index is 0.654. The fourth-order valence-electron chi connectivity index (χ4n) is 17.5. The van der Waals surface area contributed by atoms with E-state index in [1.807, 2.05) is 132 Å². The zero-order chi connectivity index (χ0) is 101. The molecule has 1 saturated heterocycles. The van der Waals surface area contributed by atoms with Crippen molar-refractivity contribution in [2.45, 2.75) is 192 Å². The number of para-hydroxylation sites is 1. The zero-order valence-corrected chi connectivity index (χ0v) is 83.7. The highest BCUT2D eigenvalue weighted by Gasteiger charge is 2.35. The Morgan fingerprint density at radius 2 is 1.05 bits per heavy atom. The molecule has 2 aliphatic heterocycles. The van der Waals surface area contributed by atoms with E-state index in [1.54, 1.807) is 4.90 Å². The van der Waals surface area contributed by atoms with Gasteiger partial charge in [0, 0.05) is 188 Å². The van der Waals surface area contributed by atoms with Gasteiger partial charge in [0.05, 0.1) is 77.3 Å². The van der Waals surface area contributed by atoms with E-state index in [-0.39, 0.29) is 195 Å². The van der Waals surface area contributed by atoms with Crippen molar-refractivity contribution in [2.24, 2.45) is 23.7 Å². The van der Waals surface area contributed by atoms with Crippen LogP contribution in [0.4, 0.5) is 10.5 Å². The van der Waals surface area contributed by atoms with E-state index in [0.29, 0.717) is 167 Å². The first-order valence-corrected chi connectivity index (χ1v) is 50.8. The number of nitrogens with one attached hydrogen (secondary N) is 7. The Hall–Kier alpha value is -11.1. The first-order chi connectivity index (χ1) is 68.1. The largest absolute Gasteiger partial charge is 0.481 e. The third-order valence-corrected chi connectivity index (χ3v) is 26.5. The van der Waals surface area contributed by atoms with Gasteiger partial charge >= 0.3 is 29.9 Å². The molecular weight excluding hydrogens is 1930 g/mol. The predicted molar refractivity (Wildman–Crippen MR) is 538 cm³/mol. The molecule has 141 heavy (non-hydrogen) atoms. The average molecular weight is 2070 g/mol. The number of aromatic nitrogens is 3. The van der Waals surface area contributed by atoms with Crippen LogP contribution in [-0.4, -0.2) is 315 Å². The monoisotopic (exact) mass is 2070 g/mol. The van der Waals surface area contributed by atoms with E-state index in [4.69, 9.17) is 29.2 Å². The lowest BCUT2D eigenvalue weighted by atomic mass is 9.77. The Morgan fingerprint density at radius 3 is 1.74 bits per heavy atom. The number of ketones is 3. The Morgan fingerprint density at radius 1 is 0.461 bits per heavy atom. The number of likely N-dealkylation sites (N-methyl/N-ethyl adjacent to an activating group) is 2. The van der Waals surface area contributed by atoms with Gasteiger partial charge in [-0.2, -0.15) is 0 Å². The van der Waals surface area contributed by atoms with Gasteiger partial charge in [-0.3, -0.25) is 62.5 Å². The molecule has 3 heterocycles. The number of fused-ring (bicyclic) bond motifs is 6. The number of amides is 8. The van der Waals surface area contributed by atoms with Crippen LogP contribution in [0.5, 0.6) is 0 Å². The van der Waals surface area contributed by atoms with E-state index < -0.39 is 66.2 Å². The van der Waals surface area contributed by atoms with E-state index in [2.05, 4.69) is 86.8 Å². The first kappa shape index (κ1) is 113. The molecule has 1 aliphatic carbocycles. The number of aliphatic carboxylic acids is 4. The highest BCUT2D eigenvalue weighted by Crippen LogP contribution is 2.42. The summed E-state index contributed by atoms with van der Waals surface area (Å²) in [5.74, 6) is -8.87. The number of rotatable bonds is 63. The second kappa shape index (κ2) is 63.0. The minimum Gasteiger partial charge on any atom is -0.481 e. The highest BCUT2D eigenvalue weighted by atomic mass is 127. The van der Waals surface area contributed by atoms with Gasteiger partial charge in [-0.15, -0.1) is 5.10 Å². The van der Waals surface area contributed by atoms with Gasteiger partial charge in [-0.25, -0.2) is 19.1 Å². The number of Topliss-reactive ketones (excluding diaryl/α,β-unsaturated/α-hetero) is 3. The molecule has 11 N–H and O–H groups in total. The molecule has 4 unspecified atom stereocenters. The quantitative estimate of drug-likeness (QED) is 0.0125. The van der Waals surface area contributed by atoms with Crippen LogP contribution in [0, 0.1) is 27.2 Å². The van der Waals surface area contributed by atoms with Crippen molar-refractivity contribution in [3.63, 3.8) is 0 Å². The second-order valence-corrected chi connectivity index (χ2v) is 38.1. The van der Waals surface area contributed by atoms with Crippen molar-refractivity contribution in [2.75, 3.05) is 170 Å². The molecular formula is C103H144IN15O22. The Labute approximate surface area is 839 Å². The van der Waals surface area contributed by atoms with Crippen LogP contribution in [-0.2, 0) is 107 Å². The predicted octanol–water partition coefficient (Wildman–Crippen LogP) is 8.75. The third-order valence-electron chi connectivity index (χ3n) is 25.8. The van der Waals surface area contributed by atoms with E-state index in [1.165, 1.54) is 0 Å². The van der Waals surface area contributed by atoms with Gasteiger partial charge in [-0.05, 0) is 197 Å². The fraction of sp³-hybridized carbons (Fsp3) is 0.573. The van der Waals surface area contributed by atoms with Crippen molar-refractivity contribution >= 4 is 122 Å². The number of hydrogen-bond donors (Lipinski definition) is 11. The number of unbranched alkanes of at least 4 members (excludes halogenated alkanes) is 3. The summed E-state index contributed by atoms with van der Waals surface area (Å²) in [6.07, 6.45) is 7.02. The lowest BCUT2D eigenvalue weighted by molar-refractivity contribution is -0.143. The standard InChI is InChI=1S/C103H144IN15O22/c1-114-49-50-115(2)52-54-117(72-96(129)130)56-55-116(53-51-114)71-93(125)106-47-16-48-119-98-85-22-7-6-20-80(85)70-118(89-25-9-8-23-86(89)97(98)112-113-119)94(126)41-38-83(120)21-15-57-138-59-61-140-63-64-141-62-60-139-58-43-84(121)67-79(100(132)110-87(101(133)134)24-10-13-44-105-91(123)26-14-17-73-30-36-82(104)37-31-73)35-40-92(124)109-69-74-27-33-77(34-28-74)90(122)68-81(66-75-29-32-76-18-4-5-19-78(76)65-75)99(131)107-45-11-3-12-46-108-103(137)111-88(102(135)136)39-42-95(127)128/h4-9,18-20,22-23,25,29-32,36-37,65,74,77,79,81,87-88H,3,10-17,21,24,26-28,33-35,38-64,66-72H2,1-2H3,(H,105,123)(H,106,125)(H,107,131)(H,109,124)(H,110,132)(H,127,128)(H,129,130)(H,133,134)(H,135,136)(H2,108,111,137). The first-order valence-electron chi connectivity index (χ1n) is 49.8.